The molecule has 1 unspecified atom stereocenters. The van der Waals surface area contributed by atoms with Gasteiger partial charge in [-0.05, 0) is 37.1 Å². The number of hydrogen-bond acceptors (Lipinski definition) is 7. The van der Waals surface area contributed by atoms with Gasteiger partial charge in [0.2, 0.25) is 5.91 Å². The highest BCUT2D eigenvalue weighted by molar-refractivity contribution is 6.04. The number of imidazole rings is 1. The highest BCUT2D eigenvalue weighted by atomic mass is 19.4. The molecule has 0 spiro atoms. The van der Waals surface area contributed by atoms with Gasteiger partial charge in [0.25, 0.3) is 5.91 Å². The van der Waals surface area contributed by atoms with Crippen molar-refractivity contribution >= 4 is 29.0 Å². The number of nitrogens with two attached hydrogens (primary N) is 1. The molecular weight excluding hydrogens is 539 g/mol. The number of nitrogens with zero attached hydrogens (tertiary/aromatic N) is 5. The van der Waals surface area contributed by atoms with E-state index in [1.165, 1.54) is 18.2 Å². The molecule has 3 N–H and O–H groups in total. The second kappa shape index (κ2) is 11.4. The van der Waals surface area contributed by atoms with Crippen LogP contribution in [0.15, 0.2) is 67.1 Å². The lowest BCUT2D eigenvalue weighted by Crippen LogP contribution is -2.30. The molecule has 1 aromatic carbocycles. The SMILES string of the molecule is COCC=CC(=O)N1CCCC1c1nc(-c2ccc(C(=O)Nc3cc(C(F)(F)F)ccn3)cc2)c2c(N)nccn12. The molecule has 13 heteroatoms. The van der Waals surface area contributed by atoms with Gasteiger partial charge < -0.3 is 20.7 Å². The maximum Gasteiger partial charge on any atom is 0.416 e. The number of benzene rings is 1. The van der Waals surface area contributed by atoms with Gasteiger partial charge in [0, 0.05) is 49.4 Å². The van der Waals surface area contributed by atoms with Crippen molar-refractivity contribution < 1.29 is 27.5 Å². The van der Waals surface area contributed by atoms with Crippen molar-refractivity contribution in [3.05, 3.63) is 84.1 Å². The molecule has 10 nitrogen and oxygen atoms in total. The zero-order valence-corrected chi connectivity index (χ0v) is 21.9. The molecule has 0 aliphatic carbocycles. The molecule has 212 valence electrons. The number of carbonyl (C=O) groups excluding carboxylic acids is 2. The van der Waals surface area contributed by atoms with Crippen molar-refractivity contribution in [3.63, 3.8) is 0 Å². The smallest absolute Gasteiger partial charge is 0.382 e. The van der Waals surface area contributed by atoms with Crippen molar-refractivity contribution in [2.75, 3.05) is 31.3 Å². The summed E-state index contributed by atoms with van der Waals surface area (Å²) in [5.74, 6) is -0.107. The van der Waals surface area contributed by atoms with Gasteiger partial charge in [0.05, 0.1) is 18.2 Å². The predicted octanol–water partition coefficient (Wildman–Crippen LogP) is 4.51. The average molecular weight is 566 g/mol. The Morgan fingerprint density at radius 2 is 1.95 bits per heavy atom. The van der Waals surface area contributed by atoms with Gasteiger partial charge in [-0.2, -0.15) is 13.2 Å². The van der Waals surface area contributed by atoms with E-state index in [1.807, 2.05) is 4.40 Å². The Morgan fingerprint density at radius 1 is 1.17 bits per heavy atom. The van der Waals surface area contributed by atoms with E-state index in [4.69, 9.17) is 15.5 Å². The van der Waals surface area contributed by atoms with E-state index in [-0.39, 0.29) is 29.1 Å². The fourth-order valence-electron chi connectivity index (χ4n) is 4.81. The summed E-state index contributed by atoms with van der Waals surface area (Å²) in [5, 5.41) is 2.39. The Bertz CT molecular complexity index is 1620. The Hall–Kier alpha value is -4.78. The number of ether oxygens (including phenoxy) is 1. The van der Waals surface area contributed by atoms with Gasteiger partial charge in [-0.25, -0.2) is 15.0 Å². The summed E-state index contributed by atoms with van der Waals surface area (Å²) >= 11 is 0. The standard InChI is InChI=1S/C28H26F3N7O3/c1-41-15-3-5-22(39)37-13-2-4-20(37)26-36-23(24-25(32)34-12-14-38(24)26)17-6-8-18(9-7-17)27(40)35-21-16-19(10-11-33-21)28(29,30)31/h3,5-12,14,16,20H,2,4,13,15H2,1H3,(H2,32,34)(H,33,35,40). The Kier molecular flexibility index (Phi) is 7.70. The largest absolute Gasteiger partial charge is 0.416 e. The van der Waals surface area contributed by atoms with Crippen LogP contribution in [0, 0.1) is 0 Å². The number of amides is 2. The van der Waals surface area contributed by atoms with Crippen LogP contribution in [0.2, 0.25) is 0 Å². The maximum atomic E-state index is 13.0. The van der Waals surface area contributed by atoms with E-state index in [9.17, 15) is 22.8 Å². The van der Waals surface area contributed by atoms with E-state index in [2.05, 4.69) is 15.3 Å². The molecule has 5 rings (SSSR count). The van der Waals surface area contributed by atoms with Crippen LogP contribution in [0.1, 0.15) is 40.6 Å². The first-order valence-electron chi connectivity index (χ1n) is 12.7. The van der Waals surface area contributed by atoms with Crippen LogP contribution in [0.25, 0.3) is 16.8 Å². The molecule has 0 radical (unpaired) electrons. The van der Waals surface area contributed by atoms with E-state index < -0.39 is 17.6 Å². The number of alkyl halides is 3. The van der Waals surface area contributed by atoms with Crippen molar-refractivity contribution in [2.24, 2.45) is 0 Å². The highest BCUT2D eigenvalue weighted by Gasteiger charge is 2.33. The number of fused-ring (bicyclic) bond motifs is 1. The number of methoxy groups -OCH3 is 1. The number of nitrogen functional groups attached to an aromatic ring is 1. The number of hydrogen-bond donors (Lipinski definition) is 2. The molecule has 1 fully saturated rings. The van der Waals surface area contributed by atoms with Crippen LogP contribution in [-0.4, -0.2) is 56.3 Å². The molecule has 2 amide bonds. The maximum absolute atomic E-state index is 13.0. The fraction of sp³-hybridized carbons (Fsp3) is 0.250. The minimum Gasteiger partial charge on any atom is -0.382 e. The zero-order chi connectivity index (χ0) is 29.1. The Labute approximate surface area is 232 Å². The lowest BCUT2D eigenvalue weighted by atomic mass is 10.1. The molecule has 0 saturated carbocycles. The number of rotatable bonds is 7. The summed E-state index contributed by atoms with van der Waals surface area (Å²) in [6.07, 6.45) is 4.40. The number of pyridine rings is 1. The number of nitrogens with one attached hydrogen (secondary N) is 1. The molecule has 1 aliphatic heterocycles. The van der Waals surface area contributed by atoms with Crippen LogP contribution in [0.3, 0.4) is 0 Å². The summed E-state index contributed by atoms with van der Waals surface area (Å²) in [6, 6.07) is 7.70. The van der Waals surface area contributed by atoms with Crippen LogP contribution in [-0.2, 0) is 15.7 Å². The first-order chi connectivity index (χ1) is 19.7. The molecule has 4 aromatic rings. The number of likely N-dealkylation sites (tertiary alicyclic amines) is 1. The second-order valence-corrected chi connectivity index (χ2v) is 9.36. The van der Waals surface area contributed by atoms with Crippen LogP contribution < -0.4 is 11.1 Å². The second-order valence-electron chi connectivity index (χ2n) is 9.36. The third-order valence-electron chi connectivity index (χ3n) is 6.72. The predicted molar refractivity (Wildman–Crippen MR) is 145 cm³/mol. The van der Waals surface area contributed by atoms with Crippen LogP contribution in [0.4, 0.5) is 24.8 Å². The first-order valence-corrected chi connectivity index (χ1v) is 12.7. The molecule has 1 aliphatic rings. The molecular formula is C28H26F3N7O3. The third kappa shape index (κ3) is 5.75. The van der Waals surface area contributed by atoms with Gasteiger partial charge >= 0.3 is 6.18 Å². The molecule has 0 bridgehead atoms. The normalized spacial score (nSPS) is 15.6. The molecule has 4 heterocycles. The number of halogens is 3. The first kappa shape index (κ1) is 27.8. The fourth-order valence-corrected chi connectivity index (χ4v) is 4.81. The van der Waals surface area contributed by atoms with Gasteiger partial charge in [0.15, 0.2) is 0 Å². The summed E-state index contributed by atoms with van der Waals surface area (Å²) in [4.78, 5) is 40.3. The summed E-state index contributed by atoms with van der Waals surface area (Å²) < 4.78 is 45.8. The summed E-state index contributed by atoms with van der Waals surface area (Å²) in [5.41, 5.74) is 7.26. The Morgan fingerprint density at radius 3 is 2.68 bits per heavy atom. The topological polar surface area (TPSA) is 128 Å². The minimum atomic E-state index is -4.56. The third-order valence-corrected chi connectivity index (χ3v) is 6.72. The summed E-state index contributed by atoms with van der Waals surface area (Å²) in [7, 11) is 1.55. The molecule has 41 heavy (non-hydrogen) atoms. The van der Waals surface area contributed by atoms with E-state index >= 15 is 0 Å². The number of carbonyl (C=O) groups is 2. The zero-order valence-electron chi connectivity index (χ0n) is 21.9. The van der Waals surface area contributed by atoms with Crippen molar-refractivity contribution in [3.8, 4) is 11.3 Å². The number of anilines is 2. The van der Waals surface area contributed by atoms with Crippen LogP contribution in [0.5, 0.6) is 0 Å². The lowest BCUT2D eigenvalue weighted by molar-refractivity contribution is -0.137. The molecule has 1 atom stereocenters. The molecule has 1 saturated heterocycles. The van der Waals surface area contributed by atoms with Crippen molar-refractivity contribution in [1.82, 2.24) is 24.3 Å². The van der Waals surface area contributed by atoms with Gasteiger partial charge in [-0.15, -0.1) is 0 Å². The highest BCUT2D eigenvalue weighted by Crippen LogP contribution is 2.36. The quantitative estimate of drug-likeness (QED) is 0.316. The monoisotopic (exact) mass is 565 g/mol. The minimum absolute atomic E-state index is 0.143. The Balaban J connectivity index is 1.43. The average Bonchev–Trinajstić information content (AvgIpc) is 3.59. The van der Waals surface area contributed by atoms with E-state index in [0.29, 0.717) is 42.2 Å². The van der Waals surface area contributed by atoms with Crippen molar-refractivity contribution in [1.29, 1.82) is 0 Å². The van der Waals surface area contributed by atoms with Crippen molar-refractivity contribution in [2.45, 2.75) is 25.1 Å². The lowest BCUT2D eigenvalue weighted by Gasteiger charge is -2.22. The van der Waals surface area contributed by atoms with Gasteiger partial charge in [-0.1, -0.05) is 18.2 Å². The number of aromatic nitrogens is 4. The van der Waals surface area contributed by atoms with Gasteiger partial charge in [0.1, 0.15) is 28.7 Å². The molecule has 3 aromatic heterocycles. The van der Waals surface area contributed by atoms with E-state index in [1.54, 1.807) is 42.6 Å². The van der Waals surface area contributed by atoms with Crippen LogP contribution >= 0.6 is 0 Å². The summed E-state index contributed by atoms with van der Waals surface area (Å²) in [6.45, 7) is 0.906. The van der Waals surface area contributed by atoms with E-state index in [0.717, 1.165) is 24.8 Å². The van der Waals surface area contributed by atoms with Gasteiger partial charge in [-0.3, -0.25) is 14.0 Å².